The third-order valence-corrected chi connectivity index (χ3v) is 3.91. The first-order chi connectivity index (χ1) is 12.8. The largest absolute Gasteiger partial charge is 0.478 e. The number of thiocarbonyl (C=S) groups is 1. The number of nitrogens with zero attached hydrogens (tertiary/aromatic N) is 1. The fourth-order valence-electron chi connectivity index (χ4n) is 2.42. The van der Waals surface area contributed by atoms with E-state index in [4.69, 9.17) is 27.2 Å². The summed E-state index contributed by atoms with van der Waals surface area (Å²) in [5.74, 6) is -1.92. The second-order valence-electron chi connectivity index (χ2n) is 6.58. The van der Waals surface area contributed by atoms with Crippen molar-refractivity contribution in [3.05, 3.63) is 12.2 Å². The molecule has 8 nitrogen and oxygen atoms in total. The van der Waals surface area contributed by atoms with E-state index in [0.717, 1.165) is 31.4 Å². The third-order valence-electron chi connectivity index (χ3n) is 3.62. The van der Waals surface area contributed by atoms with Crippen LogP contribution in [0.25, 0.3) is 0 Å². The van der Waals surface area contributed by atoms with Crippen molar-refractivity contribution in [3.63, 3.8) is 0 Å². The summed E-state index contributed by atoms with van der Waals surface area (Å²) in [6.45, 7) is 12.1. The number of ether oxygens (including phenoxy) is 1. The highest BCUT2D eigenvalue weighted by molar-refractivity contribution is 7.80. The molecule has 0 bridgehead atoms. The molecule has 0 radical (unpaired) electrons. The predicted molar refractivity (Wildman–Crippen MR) is 109 cm³/mol. The molecule has 1 heterocycles. The van der Waals surface area contributed by atoms with Gasteiger partial charge in [-0.05, 0) is 51.0 Å². The lowest BCUT2D eigenvalue weighted by Gasteiger charge is -2.28. The predicted octanol–water partition coefficient (Wildman–Crippen LogP) is 1.32. The van der Waals surface area contributed by atoms with Crippen LogP contribution in [-0.4, -0.2) is 77.6 Å². The minimum absolute atomic E-state index is 0.429. The summed E-state index contributed by atoms with van der Waals surface area (Å²) in [7, 11) is 0. The Labute approximate surface area is 166 Å². The van der Waals surface area contributed by atoms with Gasteiger partial charge in [0, 0.05) is 31.8 Å². The van der Waals surface area contributed by atoms with E-state index < -0.39 is 11.9 Å². The molecule has 0 aliphatic carbocycles. The molecule has 27 heavy (non-hydrogen) atoms. The Bertz CT molecular complexity index is 464. The van der Waals surface area contributed by atoms with Crippen molar-refractivity contribution >= 4 is 29.3 Å². The normalized spacial score (nSPS) is 15.3. The summed E-state index contributed by atoms with van der Waals surface area (Å²) in [6.07, 6.45) is 3.72. The lowest BCUT2D eigenvalue weighted by molar-refractivity contribution is -0.134. The zero-order valence-corrected chi connectivity index (χ0v) is 17.3. The molecular weight excluding hydrogens is 370 g/mol. The number of rotatable bonds is 10. The van der Waals surface area contributed by atoms with Gasteiger partial charge in [-0.3, -0.25) is 4.90 Å². The minimum Gasteiger partial charge on any atom is -0.478 e. The Morgan fingerprint density at radius 1 is 1.11 bits per heavy atom. The van der Waals surface area contributed by atoms with E-state index in [9.17, 15) is 9.59 Å². The Morgan fingerprint density at radius 3 is 2.11 bits per heavy atom. The van der Waals surface area contributed by atoms with Crippen LogP contribution in [-0.2, 0) is 14.3 Å². The SMILES string of the molecule is CCNC(=S)NCC(COCC(C)C)N1CCCC1.O=C(O)/C=C\C(=O)O. The Morgan fingerprint density at radius 2 is 1.67 bits per heavy atom. The first-order valence-corrected chi connectivity index (χ1v) is 9.64. The molecule has 1 aliphatic rings. The molecule has 0 amide bonds. The van der Waals surface area contributed by atoms with Gasteiger partial charge in [-0.15, -0.1) is 0 Å². The van der Waals surface area contributed by atoms with Crippen molar-refractivity contribution in [1.82, 2.24) is 15.5 Å². The highest BCUT2D eigenvalue weighted by Gasteiger charge is 2.22. The second kappa shape index (κ2) is 15.4. The number of carboxylic acids is 2. The zero-order valence-electron chi connectivity index (χ0n) is 16.4. The fraction of sp³-hybridized carbons (Fsp3) is 0.722. The molecule has 0 saturated carbocycles. The number of carboxylic acid groups (broad SMARTS) is 2. The maximum Gasteiger partial charge on any atom is 0.328 e. The molecule has 0 spiro atoms. The topological polar surface area (TPSA) is 111 Å². The van der Waals surface area contributed by atoms with Crippen molar-refractivity contribution < 1.29 is 24.5 Å². The van der Waals surface area contributed by atoms with Crippen molar-refractivity contribution in [1.29, 1.82) is 0 Å². The fourth-order valence-corrected chi connectivity index (χ4v) is 2.64. The first kappa shape index (κ1) is 25.3. The summed E-state index contributed by atoms with van der Waals surface area (Å²) < 4.78 is 5.82. The van der Waals surface area contributed by atoms with E-state index in [1.54, 1.807) is 0 Å². The first-order valence-electron chi connectivity index (χ1n) is 9.23. The van der Waals surface area contributed by atoms with Crippen molar-refractivity contribution in [2.24, 2.45) is 5.92 Å². The van der Waals surface area contributed by atoms with Gasteiger partial charge in [0.1, 0.15) is 0 Å². The summed E-state index contributed by atoms with van der Waals surface area (Å²) in [5.41, 5.74) is 0. The van der Waals surface area contributed by atoms with E-state index >= 15 is 0 Å². The standard InChI is InChI=1S/C14H29N3OS.C4H4O4/c1-4-15-14(19)16-9-13(11-18-10-12(2)3)17-7-5-6-8-17;5-3(6)1-2-4(7)8/h12-13H,4-11H2,1-3H3,(H2,15,16,19);1-2H,(H,5,6)(H,7,8)/b;2-1-. The molecule has 4 N–H and O–H groups in total. The Hall–Kier alpha value is -1.71. The summed E-state index contributed by atoms with van der Waals surface area (Å²) in [4.78, 5) is 21.6. The number of likely N-dealkylation sites (tertiary alicyclic amines) is 1. The maximum absolute atomic E-state index is 9.55. The minimum atomic E-state index is -1.26. The van der Waals surface area contributed by atoms with Gasteiger partial charge in [-0.1, -0.05) is 13.8 Å². The van der Waals surface area contributed by atoms with Crippen molar-refractivity contribution in [2.75, 3.05) is 39.4 Å². The molecule has 0 aromatic carbocycles. The molecule has 0 aromatic rings. The lowest BCUT2D eigenvalue weighted by atomic mass is 10.2. The highest BCUT2D eigenvalue weighted by atomic mass is 32.1. The number of aliphatic carboxylic acids is 2. The average molecular weight is 404 g/mol. The average Bonchev–Trinajstić information content (AvgIpc) is 3.11. The summed E-state index contributed by atoms with van der Waals surface area (Å²) in [6, 6.07) is 0.429. The Kier molecular flexibility index (Phi) is 14.4. The van der Waals surface area contributed by atoms with E-state index in [1.807, 2.05) is 0 Å². The molecule has 1 saturated heterocycles. The number of nitrogens with one attached hydrogen (secondary N) is 2. The molecule has 9 heteroatoms. The molecule has 1 rings (SSSR count). The van der Waals surface area contributed by atoms with E-state index in [1.165, 1.54) is 25.9 Å². The van der Waals surface area contributed by atoms with Gasteiger partial charge in [0.25, 0.3) is 0 Å². The molecule has 1 fully saturated rings. The van der Waals surface area contributed by atoms with Crippen LogP contribution >= 0.6 is 12.2 Å². The van der Waals surface area contributed by atoms with E-state index in [0.29, 0.717) is 24.1 Å². The van der Waals surface area contributed by atoms with Crippen LogP contribution in [0.2, 0.25) is 0 Å². The molecular formula is C18H33N3O5S. The van der Waals surface area contributed by atoms with Crippen LogP contribution in [0.1, 0.15) is 33.6 Å². The molecule has 0 aromatic heterocycles. The number of hydrogen-bond donors (Lipinski definition) is 4. The van der Waals surface area contributed by atoms with Gasteiger partial charge in [-0.2, -0.15) is 0 Å². The van der Waals surface area contributed by atoms with Gasteiger partial charge < -0.3 is 25.6 Å². The number of hydrogen-bond acceptors (Lipinski definition) is 5. The smallest absolute Gasteiger partial charge is 0.328 e. The van der Waals surface area contributed by atoms with Gasteiger partial charge in [0.2, 0.25) is 0 Å². The van der Waals surface area contributed by atoms with E-state index in [2.05, 4.69) is 36.3 Å². The highest BCUT2D eigenvalue weighted by Crippen LogP contribution is 2.12. The van der Waals surface area contributed by atoms with Gasteiger partial charge in [-0.25, -0.2) is 9.59 Å². The summed E-state index contributed by atoms with van der Waals surface area (Å²) >= 11 is 5.22. The van der Waals surface area contributed by atoms with Gasteiger partial charge >= 0.3 is 11.9 Å². The van der Waals surface area contributed by atoms with Crippen LogP contribution < -0.4 is 10.6 Å². The van der Waals surface area contributed by atoms with Crippen molar-refractivity contribution in [3.8, 4) is 0 Å². The van der Waals surface area contributed by atoms with Crippen molar-refractivity contribution in [2.45, 2.75) is 39.7 Å². The van der Waals surface area contributed by atoms with Gasteiger partial charge in [0.05, 0.1) is 12.6 Å². The summed E-state index contributed by atoms with van der Waals surface area (Å²) in [5, 5.41) is 22.8. The van der Waals surface area contributed by atoms with Crippen LogP contribution in [0.15, 0.2) is 12.2 Å². The van der Waals surface area contributed by atoms with E-state index in [-0.39, 0.29) is 0 Å². The molecule has 1 aliphatic heterocycles. The van der Waals surface area contributed by atoms with Crippen LogP contribution in [0.5, 0.6) is 0 Å². The second-order valence-corrected chi connectivity index (χ2v) is 6.99. The monoisotopic (exact) mass is 403 g/mol. The molecule has 156 valence electrons. The Balaban J connectivity index is 0.000000713. The number of carbonyl (C=O) groups is 2. The quantitative estimate of drug-likeness (QED) is 0.317. The van der Waals surface area contributed by atoms with Gasteiger partial charge in [0.15, 0.2) is 5.11 Å². The molecule has 1 unspecified atom stereocenters. The van der Waals surface area contributed by atoms with Crippen LogP contribution in [0, 0.1) is 5.92 Å². The molecule has 1 atom stereocenters. The lowest BCUT2D eigenvalue weighted by Crippen LogP contribution is -2.47. The zero-order chi connectivity index (χ0) is 20.7. The van der Waals surface area contributed by atoms with Crippen LogP contribution in [0.3, 0.4) is 0 Å². The maximum atomic E-state index is 9.55. The third kappa shape index (κ3) is 15.1. The van der Waals surface area contributed by atoms with Crippen LogP contribution in [0.4, 0.5) is 0 Å².